The lowest BCUT2D eigenvalue weighted by molar-refractivity contribution is -0.161. The van der Waals surface area contributed by atoms with Gasteiger partial charge in [0.15, 0.2) is 0 Å². The van der Waals surface area contributed by atoms with Gasteiger partial charge in [-0.1, -0.05) is 11.6 Å². The number of amides is 3. The molecule has 5 rings (SSSR count). The largest absolute Gasteiger partial charge is 0.433 e. The van der Waals surface area contributed by atoms with Gasteiger partial charge in [-0.25, -0.2) is 19.9 Å². The number of aryl methyl sites for hydroxylation is 2. The Labute approximate surface area is 562 Å². The summed E-state index contributed by atoms with van der Waals surface area (Å²) in [6.45, 7) is 5.64. The minimum Gasteiger partial charge on any atom is -0.388 e. The highest BCUT2D eigenvalue weighted by molar-refractivity contribution is 5.77. The monoisotopic (exact) mass is 1420 g/mol. The van der Waals surface area contributed by atoms with Gasteiger partial charge < -0.3 is 109 Å². The van der Waals surface area contributed by atoms with Crippen molar-refractivity contribution in [2.75, 3.05) is 169 Å². The van der Waals surface area contributed by atoms with Gasteiger partial charge in [-0.3, -0.25) is 19.1 Å². The van der Waals surface area contributed by atoms with E-state index >= 15 is 0 Å². The van der Waals surface area contributed by atoms with E-state index in [2.05, 4.69) is 56.8 Å². The fraction of sp³-hybridized carbons (Fsp3) is 0.767. The molecule has 3 amide bonds. The smallest absolute Gasteiger partial charge is 0.388 e. The molecular weight excluding hydrogens is 1320 g/mol. The highest BCUT2D eigenvalue weighted by atomic mass is 19.4. The number of nitrogens with zero attached hydrogens (tertiary/aromatic N) is 7. The summed E-state index contributed by atoms with van der Waals surface area (Å²) in [4.78, 5) is 63.6. The maximum Gasteiger partial charge on any atom is 0.433 e. The molecule has 98 heavy (non-hydrogen) atoms. The molecule has 0 aliphatic carbocycles. The van der Waals surface area contributed by atoms with Crippen molar-refractivity contribution < 1.29 is 123 Å². The maximum atomic E-state index is 13.0. The summed E-state index contributed by atoms with van der Waals surface area (Å²) >= 11 is 0. The van der Waals surface area contributed by atoms with Crippen molar-refractivity contribution in [1.29, 1.82) is 0 Å². The lowest BCUT2D eigenvalue weighted by Crippen LogP contribution is -2.57. The van der Waals surface area contributed by atoms with Crippen LogP contribution in [0.1, 0.15) is 75.4 Å². The van der Waals surface area contributed by atoms with Gasteiger partial charge in [-0.05, 0) is 44.7 Å². The third kappa shape index (κ3) is 34.8. The summed E-state index contributed by atoms with van der Waals surface area (Å²) in [5, 5.41) is 64.0. The number of carbonyl (C=O) groups excluding carboxylic acids is 4. The van der Waals surface area contributed by atoms with Crippen molar-refractivity contribution >= 4 is 35.4 Å². The molecule has 0 saturated carbocycles. The van der Waals surface area contributed by atoms with Gasteiger partial charge in [0, 0.05) is 63.9 Å². The van der Waals surface area contributed by atoms with Gasteiger partial charge in [0.05, 0.1) is 169 Å². The molecule has 0 aromatic carbocycles. The average molecular weight is 1420 g/mol. The lowest BCUT2D eigenvalue weighted by Gasteiger charge is -2.37. The van der Waals surface area contributed by atoms with E-state index < -0.39 is 78.5 Å². The fourth-order valence-electron chi connectivity index (χ4n) is 9.27. The Kier molecular flexibility index (Phi) is 39.7. The number of hydrogen-bond acceptors (Lipinski definition) is 28. The first-order chi connectivity index (χ1) is 47.2. The minimum absolute atomic E-state index is 0.0395. The van der Waals surface area contributed by atoms with Crippen molar-refractivity contribution in [3.8, 4) is 0 Å². The first-order valence-electron chi connectivity index (χ1n) is 32.4. The standard InChI is InChI=1S/C60H94F6N12O20/c1-41(79)6-5-7-42-34-78(77-76-42)17-4-2-3-8-52(82)71-43(35-93-18-11-50(80)67-15-20-87-22-24-89-26-28-91-30-32-95-39-46-55(85)53(83)44(37-97-46)72-57-69-13-9-48(74-57)59(61,62)63)36-94-19-12-51(81)68-16-21-88-23-25-90-27-29-92-31-33-96-40-47-56(86)54(84)45(38-98-47)73-58-70-14-10-49(75-58)60(64,65)66/h9-10,13-14,34,43-47,53-56,83-86H,2-8,11-12,15-33,35-40H2,1H3,(H,67,80)(H,68,81)(H,71,82)(H,69,72,74)(H,70,73,75)/t44-,45-,46+,47+,53+,54+,55-,56-/m0/s1. The Balaban J connectivity index is 0.839. The molecule has 3 aromatic rings. The molecule has 9 N–H and O–H groups in total. The quantitative estimate of drug-likeness (QED) is 0.0270. The third-order valence-electron chi connectivity index (χ3n) is 14.5. The second kappa shape index (κ2) is 47.1. The molecule has 0 bridgehead atoms. The van der Waals surface area contributed by atoms with E-state index in [-0.39, 0.29) is 213 Å². The zero-order chi connectivity index (χ0) is 70.8. The number of halogens is 6. The average Bonchev–Trinajstić information content (AvgIpc) is 1.01. The van der Waals surface area contributed by atoms with Crippen LogP contribution in [0.2, 0.25) is 0 Å². The fourth-order valence-corrected chi connectivity index (χ4v) is 9.27. The third-order valence-corrected chi connectivity index (χ3v) is 14.5. The highest BCUT2D eigenvalue weighted by Crippen LogP contribution is 2.30. The summed E-state index contributed by atoms with van der Waals surface area (Å²) in [6, 6.07) is -1.09. The SMILES string of the molecule is CC(=O)CCCc1cn(CCCCCC(=O)NC(COCCC(=O)NCCOCCOCCOCCOC[C@H]2OC[C@H](Nc3nccc(C(F)(F)F)n3)[C@@H](O)[C@H]2O)COCCC(=O)NCCOCCOCCOCCOC[C@H]2OC[C@H](Nc3nccc(C(F)(F)F)n3)[C@@H](O)[C@H]2O)nn1. The van der Waals surface area contributed by atoms with Crippen LogP contribution in [0.25, 0.3) is 0 Å². The van der Waals surface area contributed by atoms with Crippen molar-refractivity contribution in [2.45, 2.75) is 138 Å². The number of carbonyl (C=O) groups is 4. The van der Waals surface area contributed by atoms with E-state index in [1.165, 1.54) is 0 Å². The number of unbranched alkanes of at least 4 members (excludes halogenated alkanes) is 2. The molecule has 2 fully saturated rings. The normalized spacial score (nSPS) is 19.8. The number of alkyl halides is 6. The number of aliphatic hydroxyl groups is 4. The molecule has 0 spiro atoms. The topological polar surface area (TPSA) is 402 Å². The molecule has 0 radical (unpaired) electrons. The first-order valence-corrected chi connectivity index (χ1v) is 32.4. The minimum atomic E-state index is -4.68. The second-order valence-corrected chi connectivity index (χ2v) is 22.5. The highest BCUT2D eigenvalue weighted by Gasteiger charge is 2.41. The van der Waals surface area contributed by atoms with Crippen LogP contribution >= 0.6 is 0 Å². The first kappa shape index (κ1) is 82.6. The molecule has 38 heteroatoms. The molecule has 2 saturated heterocycles. The summed E-state index contributed by atoms with van der Waals surface area (Å²) < 4.78 is 146. The van der Waals surface area contributed by atoms with Crippen molar-refractivity contribution in [2.24, 2.45) is 0 Å². The maximum absolute atomic E-state index is 13.0. The molecule has 32 nitrogen and oxygen atoms in total. The molecule has 8 atom stereocenters. The predicted molar refractivity (Wildman–Crippen MR) is 330 cm³/mol. The number of anilines is 2. The Morgan fingerprint density at radius 3 is 1.42 bits per heavy atom. The van der Waals surface area contributed by atoms with Crippen LogP contribution in [0.5, 0.6) is 0 Å². The van der Waals surface area contributed by atoms with Gasteiger partial charge >= 0.3 is 12.4 Å². The van der Waals surface area contributed by atoms with Crippen molar-refractivity contribution in [1.82, 2.24) is 50.9 Å². The van der Waals surface area contributed by atoms with Gasteiger partial charge in [0.1, 0.15) is 53.8 Å². The number of ketones is 1. The van der Waals surface area contributed by atoms with E-state index in [0.717, 1.165) is 30.9 Å². The Morgan fingerprint density at radius 2 is 0.980 bits per heavy atom. The van der Waals surface area contributed by atoms with Gasteiger partial charge in [0.2, 0.25) is 29.6 Å². The van der Waals surface area contributed by atoms with Crippen LogP contribution in [0.3, 0.4) is 0 Å². The van der Waals surface area contributed by atoms with E-state index in [9.17, 15) is 65.9 Å². The van der Waals surface area contributed by atoms with Crippen molar-refractivity contribution in [3.63, 3.8) is 0 Å². The second-order valence-electron chi connectivity index (χ2n) is 22.5. The number of nitrogens with one attached hydrogen (secondary N) is 5. The van der Waals surface area contributed by atoms with Gasteiger partial charge in [-0.15, -0.1) is 5.10 Å². The van der Waals surface area contributed by atoms with E-state index in [1.54, 1.807) is 11.6 Å². The summed E-state index contributed by atoms with van der Waals surface area (Å²) in [7, 11) is 0. The number of hydrogen-bond donors (Lipinski definition) is 9. The van der Waals surface area contributed by atoms with Crippen LogP contribution in [-0.2, 0) is 101 Å². The molecule has 0 unspecified atom stereocenters. The predicted octanol–water partition coefficient (Wildman–Crippen LogP) is 0.234. The summed E-state index contributed by atoms with van der Waals surface area (Å²) in [5.74, 6) is -1.38. The lowest BCUT2D eigenvalue weighted by atomic mass is 9.98. The molecular formula is C60H94F6N12O20. The van der Waals surface area contributed by atoms with E-state index in [1.807, 2.05) is 6.20 Å². The molecule has 2 aliphatic rings. The number of ether oxygens (including phenoxy) is 12. The zero-order valence-corrected chi connectivity index (χ0v) is 54.8. The molecule has 5 heterocycles. The van der Waals surface area contributed by atoms with E-state index in [0.29, 0.717) is 44.4 Å². The van der Waals surface area contributed by atoms with Crippen LogP contribution in [0.4, 0.5) is 38.2 Å². The van der Waals surface area contributed by atoms with Gasteiger partial charge in [-0.2, -0.15) is 26.3 Å². The Morgan fingerprint density at radius 1 is 0.541 bits per heavy atom. The zero-order valence-electron chi connectivity index (χ0n) is 54.8. The number of aliphatic hydroxyl groups excluding tert-OH is 4. The Bertz CT molecular complexity index is 2570. The van der Waals surface area contributed by atoms with Crippen LogP contribution in [-0.4, -0.2) is 292 Å². The van der Waals surface area contributed by atoms with Crippen LogP contribution in [0, 0.1) is 0 Å². The van der Waals surface area contributed by atoms with Crippen molar-refractivity contribution in [3.05, 3.63) is 47.8 Å². The Hall–Kier alpha value is -6.08. The van der Waals surface area contributed by atoms with Gasteiger partial charge in [0.25, 0.3) is 0 Å². The molecule has 2 aliphatic heterocycles. The number of Topliss-reactive ketones (excluding diaryl/α,β-unsaturated/α-hetero) is 1. The number of rotatable bonds is 53. The van der Waals surface area contributed by atoms with E-state index in [4.69, 9.17) is 56.8 Å². The molecule has 556 valence electrons. The summed E-state index contributed by atoms with van der Waals surface area (Å²) in [6.07, 6.45) is -8.70. The van der Waals surface area contributed by atoms with Crippen LogP contribution < -0.4 is 26.6 Å². The summed E-state index contributed by atoms with van der Waals surface area (Å²) in [5.41, 5.74) is -1.50. The molecule has 3 aromatic heterocycles. The van der Waals surface area contributed by atoms with Crippen LogP contribution in [0.15, 0.2) is 30.7 Å². The number of aromatic nitrogens is 7.